The van der Waals surface area contributed by atoms with E-state index in [0.29, 0.717) is 34.8 Å². The number of esters is 1. The first-order valence-electron chi connectivity index (χ1n) is 12.1. The molecule has 1 aromatic heterocycles. The number of thioether (sulfide) groups is 1. The second kappa shape index (κ2) is 11.7. The zero-order chi connectivity index (χ0) is 25.7. The Bertz CT molecular complexity index is 1290. The molecule has 3 aromatic rings. The Morgan fingerprint density at radius 1 is 1.22 bits per heavy atom. The van der Waals surface area contributed by atoms with E-state index >= 15 is 0 Å². The standard InChI is InChI=1S/C27H31N3O5S/c1-17(2)24(18-8-5-4-6-9-18)29-23(31)16-36-27-28-22-14-19(26(33)34-3)11-12-21(22)25(32)30(27)15-20-10-7-13-35-20/h4-6,8-9,11-12,14,17,20,24H,7,10,13,15-16H2,1-3H3,(H,29,31)/t20-,24-/m1/s1. The van der Waals surface area contributed by atoms with E-state index in [1.165, 1.54) is 18.9 Å². The van der Waals surface area contributed by atoms with Crippen molar-refractivity contribution in [1.82, 2.24) is 14.9 Å². The molecule has 1 aliphatic heterocycles. The summed E-state index contributed by atoms with van der Waals surface area (Å²) in [6.07, 6.45) is 1.74. The molecule has 0 saturated carbocycles. The van der Waals surface area contributed by atoms with Crippen LogP contribution in [-0.2, 0) is 20.8 Å². The molecule has 1 amide bonds. The summed E-state index contributed by atoms with van der Waals surface area (Å²) in [7, 11) is 1.30. The van der Waals surface area contributed by atoms with Gasteiger partial charge in [0.05, 0.1) is 48.0 Å². The highest BCUT2D eigenvalue weighted by atomic mass is 32.2. The molecule has 0 radical (unpaired) electrons. The fourth-order valence-corrected chi connectivity index (χ4v) is 5.17. The van der Waals surface area contributed by atoms with Gasteiger partial charge in [0.15, 0.2) is 5.16 Å². The highest BCUT2D eigenvalue weighted by Crippen LogP contribution is 2.24. The van der Waals surface area contributed by atoms with Gasteiger partial charge in [-0.1, -0.05) is 55.9 Å². The topological polar surface area (TPSA) is 99.5 Å². The van der Waals surface area contributed by atoms with Crippen molar-refractivity contribution in [1.29, 1.82) is 0 Å². The van der Waals surface area contributed by atoms with Crippen molar-refractivity contribution in [2.75, 3.05) is 19.5 Å². The average molecular weight is 510 g/mol. The lowest BCUT2D eigenvalue weighted by molar-refractivity contribution is -0.119. The van der Waals surface area contributed by atoms with Crippen LogP contribution in [0.3, 0.4) is 0 Å². The van der Waals surface area contributed by atoms with Crippen LogP contribution in [0.15, 0.2) is 58.5 Å². The third-order valence-electron chi connectivity index (χ3n) is 6.23. The van der Waals surface area contributed by atoms with E-state index in [4.69, 9.17) is 9.47 Å². The molecule has 4 rings (SSSR count). The minimum absolute atomic E-state index is 0.0760. The lowest BCUT2D eigenvalue weighted by Crippen LogP contribution is -2.33. The SMILES string of the molecule is COC(=O)c1ccc2c(=O)n(C[C@H]3CCCO3)c(SCC(=O)N[C@@H](c3ccccc3)C(C)C)nc2c1. The Kier molecular flexibility index (Phi) is 8.43. The van der Waals surface area contributed by atoms with Crippen molar-refractivity contribution in [2.45, 2.75) is 50.5 Å². The number of carbonyl (C=O) groups excluding carboxylic acids is 2. The molecule has 1 aliphatic rings. The molecule has 0 aliphatic carbocycles. The number of benzene rings is 2. The first kappa shape index (κ1) is 25.9. The third-order valence-corrected chi connectivity index (χ3v) is 7.20. The number of carbonyl (C=O) groups is 2. The highest BCUT2D eigenvalue weighted by Gasteiger charge is 2.23. The van der Waals surface area contributed by atoms with Crippen molar-refractivity contribution >= 4 is 34.5 Å². The summed E-state index contributed by atoms with van der Waals surface area (Å²) < 4.78 is 12.2. The molecule has 1 saturated heterocycles. The van der Waals surface area contributed by atoms with Crippen LogP contribution in [0.1, 0.15) is 48.7 Å². The van der Waals surface area contributed by atoms with Crippen molar-refractivity contribution < 1.29 is 19.1 Å². The number of aromatic nitrogens is 2. The lowest BCUT2D eigenvalue weighted by Gasteiger charge is -2.23. The number of fused-ring (bicyclic) bond motifs is 1. The van der Waals surface area contributed by atoms with Gasteiger partial charge >= 0.3 is 5.97 Å². The quantitative estimate of drug-likeness (QED) is 0.265. The number of ether oxygens (including phenoxy) is 2. The molecule has 2 heterocycles. The first-order valence-corrected chi connectivity index (χ1v) is 13.1. The summed E-state index contributed by atoms with van der Waals surface area (Å²) in [4.78, 5) is 43.1. The predicted octanol–water partition coefficient (Wildman–Crippen LogP) is 3.97. The van der Waals surface area contributed by atoms with Gasteiger partial charge in [0.2, 0.25) is 5.91 Å². The van der Waals surface area contributed by atoms with Crippen LogP contribution < -0.4 is 10.9 Å². The minimum atomic E-state index is -0.503. The van der Waals surface area contributed by atoms with Gasteiger partial charge in [0, 0.05) is 6.61 Å². The largest absolute Gasteiger partial charge is 0.465 e. The van der Waals surface area contributed by atoms with Crippen molar-refractivity contribution in [3.63, 3.8) is 0 Å². The number of amides is 1. The van der Waals surface area contributed by atoms with Crippen LogP contribution in [0.2, 0.25) is 0 Å². The average Bonchev–Trinajstić information content (AvgIpc) is 3.40. The summed E-state index contributed by atoms with van der Waals surface area (Å²) >= 11 is 1.20. The Hall–Kier alpha value is -3.17. The number of nitrogens with zero attached hydrogens (tertiary/aromatic N) is 2. The smallest absolute Gasteiger partial charge is 0.337 e. The van der Waals surface area contributed by atoms with E-state index < -0.39 is 5.97 Å². The second-order valence-corrected chi connectivity index (χ2v) is 10.1. The number of nitrogens with one attached hydrogen (secondary N) is 1. The number of hydrogen-bond acceptors (Lipinski definition) is 7. The molecule has 2 aromatic carbocycles. The fourth-order valence-electron chi connectivity index (χ4n) is 4.35. The van der Waals surface area contributed by atoms with E-state index in [9.17, 15) is 14.4 Å². The maximum atomic E-state index is 13.4. The Balaban J connectivity index is 1.60. The zero-order valence-corrected chi connectivity index (χ0v) is 21.5. The summed E-state index contributed by atoms with van der Waals surface area (Å²) in [6, 6.07) is 14.4. The van der Waals surface area contributed by atoms with Gasteiger partial charge in [-0.15, -0.1) is 0 Å². The van der Waals surface area contributed by atoms with Gasteiger partial charge in [-0.05, 0) is 42.5 Å². The number of rotatable bonds is 9. The summed E-state index contributed by atoms with van der Waals surface area (Å²) in [6.45, 7) is 5.16. The number of hydrogen-bond donors (Lipinski definition) is 1. The maximum absolute atomic E-state index is 13.4. The van der Waals surface area contributed by atoms with Gasteiger partial charge in [-0.2, -0.15) is 0 Å². The monoisotopic (exact) mass is 509 g/mol. The molecule has 0 spiro atoms. The third kappa shape index (κ3) is 5.96. The molecule has 0 bridgehead atoms. The van der Waals surface area contributed by atoms with Crippen LogP contribution in [0.25, 0.3) is 10.9 Å². The Labute approximate surface area is 214 Å². The van der Waals surface area contributed by atoms with E-state index in [2.05, 4.69) is 24.1 Å². The fraction of sp³-hybridized carbons (Fsp3) is 0.407. The molecule has 2 atom stereocenters. The van der Waals surface area contributed by atoms with Gasteiger partial charge < -0.3 is 14.8 Å². The van der Waals surface area contributed by atoms with Crippen molar-refractivity contribution in [3.05, 3.63) is 70.0 Å². The van der Waals surface area contributed by atoms with Gasteiger partial charge in [-0.3, -0.25) is 14.2 Å². The van der Waals surface area contributed by atoms with Gasteiger partial charge in [-0.25, -0.2) is 9.78 Å². The molecular weight excluding hydrogens is 478 g/mol. The van der Waals surface area contributed by atoms with E-state index in [1.54, 1.807) is 22.8 Å². The molecule has 0 unspecified atom stereocenters. The van der Waals surface area contributed by atoms with Crippen LogP contribution in [0, 0.1) is 5.92 Å². The van der Waals surface area contributed by atoms with E-state index in [-0.39, 0.29) is 35.3 Å². The summed E-state index contributed by atoms with van der Waals surface area (Å²) in [5.74, 6) is -0.356. The van der Waals surface area contributed by atoms with Crippen LogP contribution >= 0.6 is 11.8 Å². The van der Waals surface area contributed by atoms with Crippen molar-refractivity contribution in [2.24, 2.45) is 5.92 Å². The summed E-state index contributed by atoms with van der Waals surface area (Å²) in [5.41, 5.74) is 1.52. The normalized spacial score (nSPS) is 16.3. The van der Waals surface area contributed by atoms with E-state index in [1.807, 2.05) is 30.3 Å². The van der Waals surface area contributed by atoms with E-state index in [0.717, 1.165) is 18.4 Å². The van der Waals surface area contributed by atoms with Crippen LogP contribution in [0.5, 0.6) is 0 Å². The van der Waals surface area contributed by atoms with Crippen molar-refractivity contribution in [3.8, 4) is 0 Å². The molecule has 36 heavy (non-hydrogen) atoms. The van der Waals surface area contributed by atoms with Crippen LogP contribution in [-0.4, -0.2) is 47.0 Å². The van der Waals surface area contributed by atoms with Gasteiger partial charge in [0.1, 0.15) is 0 Å². The maximum Gasteiger partial charge on any atom is 0.337 e. The first-order chi connectivity index (χ1) is 17.4. The molecule has 9 heteroatoms. The predicted molar refractivity (Wildman–Crippen MR) is 139 cm³/mol. The second-order valence-electron chi connectivity index (χ2n) is 9.16. The zero-order valence-electron chi connectivity index (χ0n) is 20.7. The molecule has 8 nitrogen and oxygen atoms in total. The highest BCUT2D eigenvalue weighted by molar-refractivity contribution is 7.99. The summed E-state index contributed by atoms with van der Waals surface area (Å²) in [5, 5.41) is 3.94. The molecule has 190 valence electrons. The Morgan fingerprint density at radius 3 is 2.67 bits per heavy atom. The molecule has 1 fully saturated rings. The molecule has 1 N–H and O–H groups in total. The minimum Gasteiger partial charge on any atom is -0.465 e. The van der Waals surface area contributed by atoms with Crippen LogP contribution in [0.4, 0.5) is 0 Å². The van der Waals surface area contributed by atoms with Gasteiger partial charge in [0.25, 0.3) is 5.56 Å². The lowest BCUT2D eigenvalue weighted by atomic mass is 9.96. The Morgan fingerprint density at radius 2 is 2.00 bits per heavy atom. The molecular formula is C27H31N3O5S. The number of methoxy groups -OCH3 is 1.